The Morgan fingerprint density at radius 2 is 2.45 bits per heavy atom. The Hall–Kier alpha value is -0.590. The van der Waals surface area contributed by atoms with E-state index in [9.17, 15) is 10.1 Å². The molecule has 0 saturated carbocycles. The normalized spacial score (nSPS) is 10.8. The summed E-state index contributed by atoms with van der Waals surface area (Å²) in [7, 11) is 1.64. The smallest absolute Gasteiger partial charge is 0.274 e. The Morgan fingerprint density at radius 3 is 3.00 bits per heavy atom. The number of thiazole rings is 1. The van der Waals surface area contributed by atoms with Crippen molar-refractivity contribution in [1.82, 2.24) is 15.6 Å². The van der Waals surface area contributed by atoms with Gasteiger partial charge in [0, 0.05) is 37.0 Å². The van der Waals surface area contributed by atoms with E-state index in [-0.39, 0.29) is 24.0 Å². The van der Waals surface area contributed by atoms with E-state index in [0.717, 1.165) is 28.4 Å². The SMILES string of the molecule is CNC(=C[N+](=O)[O-])NCCSCc1csc(CN)n1.I. The van der Waals surface area contributed by atoms with Gasteiger partial charge in [0.25, 0.3) is 6.20 Å². The Balaban J connectivity index is 0.00000361. The van der Waals surface area contributed by atoms with E-state index in [1.54, 1.807) is 30.1 Å². The van der Waals surface area contributed by atoms with Gasteiger partial charge >= 0.3 is 0 Å². The summed E-state index contributed by atoms with van der Waals surface area (Å²) < 4.78 is 0. The highest BCUT2D eigenvalue weighted by atomic mass is 127. The van der Waals surface area contributed by atoms with Crippen LogP contribution in [0.3, 0.4) is 0 Å². The number of nitrogens with zero attached hydrogens (tertiary/aromatic N) is 2. The number of hydrogen-bond donors (Lipinski definition) is 3. The van der Waals surface area contributed by atoms with Crippen LogP contribution in [0.4, 0.5) is 0 Å². The van der Waals surface area contributed by atoms with Crippen LogP contribution >= 0.6 is 47.1 Å². The van der Waals surface area contributed by atoms with E-state index < -0.39 is 4.92 Å². The number of halogens is 1. The summed E-state index contributed by atoms with van der Waals surface area (Å²) in [6, 6.07) is 0. The minimum Gasteiger partial charge on any atom is -0.370 e. The van der Waals surface area contributed by atoms with Gasteiger partial charge in [0.2, 0.25) is 0 Å². The first-order valence-corrected chi connectivity index (χ1v) is 7.67. The van der Waals surface area contributed by atoms with Gasteiger partial charge < -0.3 is 16.4 Å². The third-order valence-corrected chi connectivity index (χ3v) is 4.00. The van der Waals surface area contributed by atoms with Crippen molar-refractivity contribution < 1.29 is 4.92 Å². The molecule has 10 heteroatoms. The van der Waals surface area contributed by atoms with E-state index in [0.29, 0.717) is 18.9 Å². The molecule has 0 fully saturated rings. The minimum atomic E-state index is -0.490. The average Bonchev–Trinajstić information content (AvgIpc) is 2.84. The van der Waals surface area contributed by atoms with Gasteiger partial charge in [0.1, 0.15) is 5.01 Å². The molecule has 0 aliphatic rings. The highest BCUT2D eigenvalue weighted by Gasteiger charge is 2.02. The van der Waals surface area contributed by atoms with Crippen LogP contribution in [0.5, 0.6) is 0 Å². The molecule has 7 nitrogen and oxygen atoms in total. The summed E-state index contributed by atoms with van der Waals surface area (Å²) in [6.45, 7) is 1.13. The van der Waals surface area contributed by atoms with Gasteiger partial charge in [-0.05, 0) is 0 Å². The zero-order chi connectivity index (χ0) is 14.1. The summed E-state index contributed by atoms with van der Waals surface area (Å²) in [5, 5.41) is 18.9. The molecule has 0 amide bonds. The van der Waals surface area contributed by atoms with Crippen LogP contribution in [-0.4, -0.2) is 29.3 Å². The molecule has 1 rings (SSSR count). The topological polar surface area (TPSA) is 106 Å². The maximum absolute atomic E-state index is 10.3. The zero-order valence-electron chi connectivity index (χ0n) is 11.0. The molecule has 1 heterocycles. The van der Waals surface area contributed by atoms with Crippen molar-refractivity contribution in [2.24, 2.45) is 5.73 Å². The molecule has 1 aromatic rings. The minimum absolute atomic E-state index is 0. The molecule has 0 bridgehead atoms. The second kappa shape index (κ2) is 11.1. The molecule has 0 spiro atoms. The average molecular weight is 431 g/mol. The zero-order valence-corrected chi connectivity index (χ0v) is 15.0. The molecule has 0 aliphatic heterocycles. The van der Waals surface area contributed by atoms with Crippen molar-refractivity contribution in [2.75, 3.05) is 19.3 Å². The van der Waals surface area contributed by atoms with Crippen molar-refractivity contribution >= 4 is 47.1 Å². The van der Waals surface area contributed by atoms with Crippen LogP contribution in [0.1, 0.15) is 10.7 Å². The second-order valence-electron chi connectivity index (χ2n) is 3.49. The standard InChI is InChI=1S/C10H17N5O2S2.HI/c1-12-9(5-15(16)17)13-2-3-18-6-8-7-19-10(4-11)14-8;/h5,7,12-13H,2-4,6,11H2,1H3;1H. The molecule has 0 aliphatic carbocycles. The van der Waals surface area contributed by atoms with Crippen molar-refractivity contribution in [1.29, 1.82) is 0 Å². The van der Waals surface area contributed by atoms with Crippen LogP contribution in [0.15, 0.2) is 17.4 Å². The molecular formula is C10H18IN5O2S2. The van der Waals surface area contributed by atoms with Crippen LogP contribution in [0.25, 0.3) is 0 Å². The van der Waals surface area contributed by atoms with Gasteiger partial charge in [-0.3, -0.25) is 10.1 Å². The lowest BCUT2D eigenvalue weighted by molar-refractivity contribution is -0.404. The van der Waals surface area contributed by atoms with E-state index in [4.69, 9.17) is 5.73 Å². The van der Waals surface area contributed by atoms with Crippen LogP contribution in [0, 0.1) is 10.1 Å². The number of nitrogens with two attached hydrogens (primary N) is 1. The van der Waals surface area contributed by atoms with E-state index in [1.807, 2.05) is 5.38 Å². The van der Waals surface area contributed by atoms with Gasteiger partial charge in [0.05, 0.1) is 10.6 Å². The third-order valence-electron chi connectivity index (χ3n) is 2.09. The van der Waals surface area contributed by atoms with E-state index >= 15 is 0 Å². The molecule has 114 valence electrons. The Bertz CT molecular complexity index is 441. The van der Waals surface area contributed by atoms with Gasteiger partial charge in [-0.15, -0.1) is 35.3 Å². The van der Waals surface area contributed by atoms with E-state index in [1.165, 1.54) is 0 Å². The highest BCUT2D eigenvalue weighted by molar-refractivity contribution is 14.0. The first kappa shape index (κ1) is 19.4. The fourth-order valence-electron chi connectivity index (χ4n) is 1.25. The lowest BCUT2D eigenvalue weighted by Gasteiger charge is -2.06. The summed E-state index contributed by atoms with van der Waals surface area (Å²) >= 11 is 3.29. The largest absolute Gasteiger partial charge is 0.370 e. The predicted molar refractivity (Wildman–Crippen MR) is 93.7 cm³/mol. The molecule has 0 radical (unpaired) electrons. The predicted octanol–water partition coefficient (Wildman–Crippen LogP) is 1.34. The Morgan fingerprint density at radius 1 is 1.70 bits per heavy atom. The first-order valence-electron chi connectivity index (χ1n) is 5.63. The molecule has 20 heavy (non-hydrogen) atoms. The molecule has 0 unspecified atom stereocenters. The third kappa shape index (κ3) is 7.87. The monoisotopic (exact) mass is 431 g/mol. The molecule has 0 saturated heterocycles. The maximum atomic E-state index is 10.3. The highest BCUT2D eigenvalue weighted by Crippen LogP contribution is 2.15. The number of thioether (sulfide) groups is 1. The number of nitro groups is 1. The van der Waals surface area contributed by atoms with Crippen molar-refractivity contribution in [2.45, 2.75) is 12.3 Å². The number of hydrogen-bond acceptors (Lipinski definition) is 8. The number of aromatic nitrogens is 1. The van der Waals surface area contributed by atoms with Gasteiger partial charge in [-0.25, -0.2) is 4.98 Å². The maximum Gasteiger partial charge on any atom is 0.274 e. The number of rotatable bonds is 9. The van der Waals surface area contributed by atoms with Gasteiger partial charge in [-0.2, -0.15) is 11.8 Å². The fraction of sp³-hybridized carbons (Fsp3) is 0.500. The summed E-state index contributed by atoms with van der Waals surface area (Å²) in [4.78, 5) is 14.2. The quantitative estimate of drug-likeness (QED) is 0.235. The molecular weight excluding hydrogens is 413 g/mol. The second-order valence-corrected chi connectivity index (χ2v) is 5.54. The lowest BCUT2D eigenvalue weighted by Crippen LogP contribution is -2.26. The molecule has 0 aromatic carbocycles. The number of nitrogens with one attached hydrogen (secondary N) is 2. The van der Waals surface area contributed by atoms with E-state index in [2.05, 4.69) is 15.6 Å². The van der Waals surface area contributed by atoms with Crippen LogP contribution < -0.4 is 16.4 Å². The molecule has 4 N–H and O–H groups in total. The lowest BCUT2D eigenvalue weighted by atomic mass is 10.6. The fourth-order valence-corrected chi connectivity index (χ4v) is 2.78. The van der Waals surface area contributed by atoms with Crippen molar-refractivity contribution in [3.05, 3.63) is 38.2 Å². The van der Waals surface area contributed by atoms with Crippen LogP contribution in [-0.2, 0) is 12.3 Å². The molecule has 0 atom stereocenters. The first-order chi connectivity index (χ1) is 9.15. The van der Waals surface area contributed by atoms with Crippen LogP contribution in [0.2, 0.25) is 0 Å². The summed E-state index contributed by atoms with van der Waals surface area (Å²) in [5.74, 6) is 2.07. The van der Waals surface area contributed by atoms with Crippen molar-refractivity contribution in [3.63, 3.8) is 0 Å². The Labute approximate surface area is 143 Å². The summed E-state index contributed by atoms with van der Waals surface area (Å²) in [6.07, 6.45) is 0.915. The Kier molecular flexibility index (Phi) is 10.8. The van der Waals surface area contributed by atoms with Gasteiger partial charge in [0.15, 0.2) is 5.82 Å². The summed E-state index contributed by atoms with van der Waals surface area (Å²) in [5.41, 5.74) is 6.52. The molecule has 1 aromatic heterocycles. The van der Waals surface area contributed by atoms with Crippen molar-refractivity contribution in [3.8, 4) is 0 Å². The van der Waals surface area contributed by atoms with Gasteiger partial charge in [-0.1, -0.05) is 0 Å².